The molecular weight excluding hydrogens is 354 g/mol. The fraction of sp³-hybridized carbons (Fsp3) is 0.286. The number of aliphatic carboxylic acids is 1. The molecule has 8 heteroatoms. The highest BCUT2D eigenvalue weighted by Gasteiger charge is 2.22. The molecule has 7 nitrogen and oxygen atoms in total. The van der Waals surface area contributed by atoms with E-state index in [9.17, 15) is 14.4 Å². The monoisotopic (exact) mass is 367 g/mol. The molecule has 1 aromatic carbocycles. The third-order valence-electron chi connectivity index (χ3n) is 3.42. The SMILES string of the molecule is CC(C(=O)O)N(C)C(=O)Cn1cnc2ccc(Br)cc2c1=O. The fourth-order valence-electron chi connectivity index (χ4n) is 1.88. The van der Waals surface area contributed by atoms with Crippen LogP contribution in [0.25, 0.3) is 10.9 Å². The summed E-state index contributed by atoms with van der Waals surface area (Å²) in [7, 11) is 1.39. The third kappa shape index (κ3) is 3.16. The van der Waals surface area contributed by atoms with Gasteiger partial charge in [-0.05, 0) is 25.1 Å². The van der Waals surface area contributed by atoms with Crippen molar-refractivity contribution in [2.24, 2.45) is 0 Å². The first kappa shape index (κ1) is 16.2. The number of hydrogen-bond acceptors (Lipinski definition) is 4. The van der Waals surface area contributed by atoms with E-state index >= 15 is 0 Å². The minimum Gasteiger partial charge on any atom is -0.480 e. The summed E-state index contributed by atoms with van der Waals surface area (Å²) in [5, 5.41) is 9.30. The number of nitrogens with zero attached hydrogens (tertiary/aromatic N) is 3. The van der Waals surface area contributed by atoms with Crippen molar-refractivity contribution in [3.05, 3.63) is 39.4 Å². The summed E-state index contributed by atoms with van der Waals surface area (Å²) < 4.78 is 1.90. The van der Waals surface area contributed by atoms with E-state index in [1.807, 2.05) is 0 Å². The van der Waals surface area contributed by atoms with Crippen molar-refractivity contribution >= 4 is 38.7 Å². The van der Waals surface area contributed by atoms with Gasteiger partial charge in [0.15, 0.2) is 0 Å². The van der Waals surface area contributed by atoms with E-state index in [-0.39, 0.29) is 12.1 Å². The maximum absolute atomic E-state index is 12.4. The van der Waals surface area contributed by atoms with Crippen molar-refractivity contribution in [3.8, 4) is 0 Å². The van der Waals surface area contributed by atoms with Gasteiger partial charge in [0.25, 0.3) is 5.56 Å². The van der Waals surface area contributed by atoms with Crippen LogP contribution in [0.5, 0.6) is 0 Å². The number of rotatable bonds is 4. The normalized spacial score (nSPS) is 12.1. The lowest BCUT2D eigenvalue weighted by Gasteiger charge is -2.21. The molecule has 0 aliphatic heterocycles. The van der Waals surface area contributed by atoms with Crippen molar-refractivity contribution in [2.45, 2.75) is 19.5 Å². The lowest BCUT2D eigenvalue weighted by molar-refractivity contribution is -0.148. The molecular formula is C14H14BrN3O4. The highest BCUT2D eigenvalue weighted by Crippen LogP contribution is 2.14. The van der Waals surface area contributed by atoms with Gasteiger partial charge in [-0.2, -0.15) is 0 Å². The average Bonchev–Trinajstić information content (AvgIpc) is 2.48. The van der Waals surface area contributed by atoms with Crippen LogP contribution in [0, 0.1) is 0 Å². The van der Waals surface area contributed by atoms with Crippen LogP contribution >= 0.6 is 15.9 Å². The summed E-state index contributed by atoms with van der Waals surface area (Å²) in [4.78, 5) is 40.5. The summed E-state index contributed by atoms with van der Waals surface area (Å²) in [6.07, 6.45) is 1.29. The van der Waals surface area contributed by atoms with Crippen LogP contribution in [0.3, 0.4) is 0 Å². The van der Waals surface area contributed by atoms with E-state index in [0.717, 1.165) is 9.37 Å². The molecule has 22 heavy (non-hydrogen) atoms. The zero-order valence-electron chi connectivity index (χ0n) is 12.0. The summed E-state index contributed by atoms with van der Waals surface area (Å²) in [6, 6.07) is 4.14. The third-order valence-corrected chi connectivity index (χ3v) is 3.92. The van der Waals surface area contributed by atoms with E-state index in [2.05, 4.69) is 20.9 Å². The zero-order chi connectivity index (χ0) is 16.4. The first-order chi connectivity index (χ1) is 10.3. The molecule has 0 fully saturated rings. The van der Waals surface area contributed by atoms with Crippen LogP contribution in [0.15, 0.2) is 33.8 Å². The number of carboxylic acid groups (broad SMARTS) is 1. The van der Waals surface area contributed by atoms with Gasteiger partial charge in [0.05, 0.1) is 17.2 Å². The number of hydrogen-bond donors (Lipinski definition) is 1. The average molecular weight is 368 g/mol. The van der Waals surface area contributed by atoms with Gasteiger partial charge in [-0.3, -0.25) is 14.2 Å². The number of likely N-dealkylation sites (N-methyl/N-ethyl adjacent to an activating group) is 1. The highest BCUT2D eigenvalue weighted by molar-refractivity contribution is 9.10. The molecule has 0 bridgehead atoms. The smallest absolute Gasteiger partial charge is 0.326 e. The lowest BCUT2D eigenvalue weighted by atomic mass is 10.2. The first-order valence-electron chi connectivity index (χ1n) is 6.44. The van der Waals surface area contributed by atoms with Gasteiger partial charge in [-0.1, -0.05) is 15.9 Å². The number of fused-ring (bicyclic) bond motifs is 1. The molecule has 0 aliphatic rings. The molecule has 116 valence electrons. The molecule has 0 aliphatic carbocycles. The second kappa shape index (κ2) is 6.27. The van der Waals surface area contributed by atoms with Gasteiger partial charge >= 0.3 is 5.97 Å². The Kier molecular flexibility index (Phi) is 4.60. The molecule has 2 rings (SSSR count). The predicted molar refractivity (Wildman–Crippen MR) is 83.6 cm³/mol. The molecule has 2 aromatic rings. The van der Waals surface area contributed by atoms with E-state index in [0.29, 0.717) is 10.9 Å². The predicted octanol–water partition coefficient (Wildman–Crippen LogP) is 1.09. The quantitative estimate of drug-likeness (QED) is 0.872. The van der Waals surface area contributed by atoms with Crippen LogP contribution in [-0.2, 0) is 16.1 Å². The Bertz CT molecular complexity index is 802. The summed E-state index contributed by atoms with van der Waals surface area (Å²) in [5.74, 6) is -1.59. The van der Waals surface area contributed by atoms with Crippen LogP contribution in [0.4, 0.5) is 0 Å². The van der Waals surface area contributed by atoms with Crippen molar-refractivity contribution < 1.29 is 14.7 Å². The van der Waals surface area contributed by atoms with Crippen LogP contribution in [0.1, 0.15) is 6.92 Å². The molecule has 1 aromatic heterocycles. The van der Waals surface area contributed by atoms with E-state index in [4.69, 9.17) is 5.11 Å². The Morgan fingerprint density at radius 1 is 1.45 bits per heavy atom. The van der Waals surface area contributed by atoms with Crippen LogP contribution in [-0.4, -0.2) is 44.5 Å². The van der Waals surface area contributed by atoms with Gasteiger partial charge in [0.2, 0.25) is 5.91 Å². The largest absolute Gasteiger partial charge is 0.480 e. The van der Waals surface area contributed by atoms with Gasteiger partial charge in [0.1, 0.15) is 12.6 Å². The molecule has 1 amide bonds. The standard InChI is InChI=1S/C14H14BrN3O4/c1-8(14(21)22)17(2)12(19)6-18-7-16-11-4-3-9(15)5-10(11)13(18)20/h3-5,7-8H,6H2,1-2H3,(H,21,22). The number of aromatic nitrogens is 2. The Balaban J connectivity index is 2.32. The van der Waals surface area contributed by atoms with Gasteiger partial charge in [-0.15, -0.1) is 0 Å². The topological polar surface area (TPSA) is 92.5 Å². The Morgan fingerprint density at radius 3 is 2.77 bits per heavy atom. The van der Waals surface area contributed by atoms with Crippen LogP contribution < -0.4 is 5.56 Å². The molecule has 0 saturated carbocycles. The van der Waals surface area contributed by atoms with E-state index in [1.165, 1.54) is 24.9 Å². The highest BCUT2D eigenvalue weighted by atomic mass is 79.9. The molecule has 0 saturated heterocycles. The molecule has 1 atom stereocenters. The maximum Gasteiger partial charge on any atom is 0.326 e. The minimum absolute atomic E-state index is 0.262. The van der Waals surface area contributed by atoms with Crippen molar-refractivity contribution in [3.63, 3.8) is 0 Å². The number of benzene rings is 1. The molecule has 1 unspecified atom stereocenters. The fourth-order valence-corrected chi connectivity index (χ4v) is 2.24. The van der Waals surface area contributed by atoms with Gasteiger partial charge < -0.3 is 10.0 Å². The summed E-state index contributed by atoms with van der Waals surface area (Å²) in [6.45, 7) is 1.14. The second-order valence-corrected chi connectivity index (χ2v) is 5.77. The maximum atomic E-state index is 12.4. The van der Waals surface area contributed by atoms with E-state index < -0.39 is 17.9 Å². The summed E-state index contributed by atoms with van der Waals surface area (Å²) >= 11 is 3.28. The number of carbonyl (C=O) groups excluding carboxylic acids is 1. The zero-order valence-corrected chi connectivity index (χ0v) is 13.6. The molecule has 0 spiro atoms. The number of carboxylic acids is 1. The molecule has 1 heterocycles. The Morgan fingerprint density at radius 2 is 2.14 bits per heavy atom. The Hall–Kier alpha value is -2.22. The molecule has 1 N–H and O–H groups in total. The van der Waals surface area contributed by atoms with Crippen molar-refractivity contribution in [2.75, 3.05) is 7.05 Å². The second-order valence-electron chi connectivity index (χ2n) is 4.86. The van der Waals surface area contributed by atoms with Crippen molar-refractivity contribution in [1.82, 2.24) is 14.5 Å². The van der Waals surface area contributed by atoms with E-state index in [1.54, 1.807) is 18.2 Å². The molecule has 0 radical (unpaired) electrons. The minimum atomic E-state index is -1.11. The first-order valence-corrected chi connectivity index (χ1v) is 7.23. The van der Waals surface area contributed by atoms with Gasteiger partial charge in [0, 0.05) is 11.5 Å². The van der Waals surface area contributed by atoms with Crippen LogP contribution in [0.2, 0.25) is 0 Å². The summed E-state index contributed by atoms with van der Waals surface area (Å²) in [5.41, 5.74) is 0.181. The lowest BCUT2D eigenvalue weighted by Crippen LogP contribution is -2.43. The van der Waals surface area contributed by atoms with Gasteiger partial charge in [-0.25, -0.2) is 9.78 Å². The number of amides is 1. The number of carbonyl (C=O) groups is 2. The number of halogens is 1. The Labute approximate surface area is 134 Å². The van der Waals surface area contributed by atoms with Crippen molar-refractivity contribution in [1.29, 1.82) is 0 Å².